The molecule has 0 fully saturated rings. The van der Waals surface area contributed by atoms with E-state index in [1.54, 1.807) is 14.2 Å². The van der Waals surface area contributed by atoms with Gasteiger partial charge in [0.05, 0.1) is 14.2 Å². The van der Waals surface area contributed by atoms with Gasteiger partial charge >= 0.3 is 0 Å². The lowest BCUT2D eigenvalue weighted by Gasteiger charge is -2.05. The molecule has 0 aliphatic carbocycles. The standard InChI is InChI=1S/C16H22O3/c1-18-15-11-14(12-16(13-15)19-2)9-7-5-3-4-6-8-10-17/h3,5,7,9,11-13,17H,4,6,8,10H2,1-2H3/b5-3+,9-7+. The molecule has 0 amide bonds. The maximum atomic E-state index is 8.65. The smallest absolute Gasteiger partial charge is 0.123 e. The summed E-state index contributed by atoms with van der Waals surface area (Å²) in [6.07, 6.45) is 11.0. The zero-order chi connectivity index (χ0) is 13.9. The monoisotopic (exact) mass is 262 g/mol. The van der Waals surface area contributed by atoms with E-state index in [4.69, 9.17) is 14.6 Å². The first-order valence-electron chi connectivity index (χ1n) is 6.47. The molecule has 0 spiro atoms. The van der Waals surface area contributed by atoms with E-state index in [0.29, 0.717) is 0 Å². The lowest BCUT2D eigenvalue weighted by molar-refractivity contribution is 0.285. The molecule has 0 saturated heterocycles. The highest BCUT2D eigenvalue weighted by molar-refractivity contribution is 5.56. The summed E-state index contributed by atoms with van der Waals surface area (Å²) in [6, 6.07) is 5.76. The van der Waals surface area contributed by atoms with Crippen molar-refractivity contribution in [3.8, 4) is 11.5 Å². The predicted molar refractivity (Wildman–Crippen MR) is 78.7 cm³/mol. The fraction of sp³-hybridized carbons (Fsp3) is 0.375. The number of hydrogen-bond donors (Lipinski definition) is 1. The number of hydrogen-bond acceptors (Lipinski definition) is 3. The minimum absolute atomic E-state index is 0.271. The molecular weight excluding hydrogens is 240 g/mol. The number of methoxy groups -OCH3 is 2. The van der Waals surface area contributed by atoms with Gasteiger partial charge in [-0.05, 0) is 37.0 Å². The van der Waals surface area contributed by atoms with Gasteiger partial charge in [-0.1, -0.05) is 24.3 Å². The zero-order valence-electron chi connectivity index (χ0n) is 11.6. The normalized spacial score (nSPS) is 11.3. The van der Waals surface area contributed by atoms with Crippen molar-refractivity contribution in [1.29, 1.82) is 0 Å². The summed E-state index contributed by atoms with van der Waals surface area (Å²) in [5.74, 6) is 1.57. The molecule has 19 heavy (non-hydrogen) atoms. The number of aliphatic hydroxyl groups excluding tert-OH is 1. The van der Waals surface area contributed by atoms with Gasteiger partial charge in [0, 0.05) is 12.7 Å². The summed E-state index contributed by atoms with van der Waals surface area (Å²) < 4.78 is 10.4. The Morgan fingerprint density at radius 2 is 1.68 bits per heavy atom. The average Bonchev–Trinajstić information content (AvgIpc) is 2.45. The van der Waals surface area contributed by atoms with Gasteiger partial charge in [-0.15, -0.1) is 0 Å². The molecule has 0 aromatic heterocycles. The number of ether oxygens (including phenoxy) is 2. The van der Waals surface area contributed by atoms with Crippen LogP contribution in [0.25, 0.3) is 6.08 Å². The van der Waals surface area contributed by atoms with E-state index in [0.717, 1.165) is 36.3 Å². The highest BCUT2D eigenvalue weighted by atomic mass is 16.5. The molecule has 0 atom stereocenters. The van der Waals surface area contributed by atoms with E-state index < -0.39 is 0 Å². The van der Waals surface area contributed by atoms with Crippen LogP contribution in [-0.4, -0.2) is 25.9 Å². The summed E-state index contributed by atoms with van der Waals surface area (Å²) in [7, 11) is 3.28. The summed E-state index contributed by atoms with van der Waals surface area (Å²) in [6.45, 7) is 0.271. The summed E-state index contributed by atoms with van der Waals surface area (Å²) in [5, 5.41) is 8.65. The van der Waals surface area contributed by atoms with E-state index in [1.165, 1.54) is 0 Å². The van der Waals surface area contributed by atoms with Crippen LogP contribution in [0.4, 0.5) is 0 Å². The lowest BCUT2D eigenvalue weighted by Crippen LogP contribution is -1.87. The van der Waals surface area contributed by atoms with Crippen LogP contribution in [0.2, 0.25) is 0 Å². The molecule has 104 valence electrons. The Bertz CT molecular complexity index is 400. The molecule has 0 unspecified atom stereocenters. The SMILES string of the molecule is COc1cc(/C=C/C=C/CCCCO)cc(OC)c1. The number of benzene rings is 1. The molecule has 0 saturated carbocycles. The zero-order valence-corrected chi connectivity index (χ0v) is 11.6. The third-order valence-electron chi connectivity index (χ3n) is 2.69. The minimum Gasteiger partial charge on any atom is -0.497 e. The fourth-order valence-corrected chi connectivity index (χ4v) is 1.64. The highest BCUT2D eigenvalue weighted by Crippen LogP contribution is 2.23. The maximum Gasteiger partial charge on any atom is 0.123 e. The summed E-state index contributed by atoms with van der Waals surface area (Å²) in [4.78, 5) is 0. The van der Waals surface area contributed by atoms with E-state index in [-0.39, 0.29) is 6.61 Å². The molecule has 0 aliphatic rings. The van der Waals surface area contributed by atoms with Gasteiger partial charge < -0.3 is 14.6 Å². The van der Waals surface area contributed by atoms with Crippen LogP contribution in [0.5, 0.6) is 11.5 Å². The van der Waals surface area contributed by atoms with Crippen molar-refractivity contribution in [3.63, 3.8) is 0 Å². The lowest BCUT2D eigenvalue weighted by atomic mass is 10.1. The van der Waals surface area contributed by atoms with Gasteiger partial charge in [-0.3, -0.25) is 0 Å². The molecule has 1 aromatic carbocycles. The molecule has 1 rings (SSSR count). The van der Waals surface area contributed by atoms with Gasteiger partial charge in [-0.25, -0.2) is 0 Å². The van der Waals surface area contributed by atoms with Crippen LogP contribution in [0, 0.1) is 0 Å². The van der Waals surface area contributed by atoms with Crippen molar-refractivity contribution in [2.45, 2.75) is 19.3 Å². The van der Waals surface area contributed by atoms with Crippen molar-refractivity contribution < 1.29 is 14.6 Å². The van der Waals surface area contributed by atoms with Crippen molar-refractivity contribution in [2.75, 3.05) is 20.8 Å². The molecule has 0 aliphatic heterocycles. The van der Waals surface area contributed by atoms with Gasteiger partial charge in [0.2, 0.25) is 0 Å². The minimum atomic E-state index is 0.271. The van der Waals surface area contributed by atoms with Crippen molar-refractivity contribution in [3.05, 3.63) is 42.0 Å². The van der Waals surface area contributed by atoms with Crippen LogP contribution in [0.1, 0.15) is 24.8 Å². The molecule has 0 heterocycles. The number of unbranched alkanes of at least 4 members (excludes halogenated alkanes) is 2. The largest absolute Gasteiger partial charge is 0.497 e. The van der Waals surface area contributed by atoms with Crippen molar-refractivity contribution in [2.24, 2.45) is 0 Å². The van der Waals surface area contributed by atoms with E-state index in [1.807, 2.05) is 36.4 Å². The summed E-state index contributed by atoms with van der Waals surface area (Å²) >= 11 is 0. The number of allylic oxidation sites excluding steroid dienone is 3. The number of rotatable bonds is 8. The molecule has 1 aromatic rings. The predicted octanol–water partition coefficient (Wildman–Crippen LogP) is 3.44. The summed E-state index contributed by atoms with van der Waals surface area (Å²) in [5.41, 5.74) is 1.04. The Kier molecular flexibility index (Phi) is 7.44. The third kappa shape index (κ3) is 6.11. The highest BCUT2D eigenvalue weighted by Gasteiger charge is 1.98. The van der Waals surface area contributed by atoms with Crippen molar-refractivity contribution >= 4 is 6.08 Å². The van der Waals surface area contributed by atoms with Gasteiger partial charge in [0.25, 0.3) is 0 Å². The van der Waals surface area contributed by atoms with E-state index in [9.17, 15) is 0 Å². The average molecular weight is 262 g/mol. The third-order valence-corrected chi connectivity index (χ3v) is 2.69. The van der Waals surface area contributed by atoms with Crippen LogP contribution in [0.3, 0.4) is 0 Å². The molecular formula is C16H22O3. The molecule has 0 radical (unpaired) electrons. The molecule has 3 nitrogen and oxygen atoms in total. The Morgan fingerprint density at radius 1 is 1.00 bits per heavy atom. The van der Waals surface area contributed by atoms with E-state index >= 15 is 0 Å². The Labute approximate surface area is 115 Å². The second-order valence-corrected chi connectivity index (χ2v) is 4.15. The second-order valence-electron chi connectivity index (χ2n) is 4.15. The Morgan fingerprint density at radius 3 is 2.26 bits per heavy atom. The molecule has 0 bridgehead atoms. The van der Waals surface area contributed by atoms with Gasteiger partial charge in [0.1, 0.15) is 11.5 Å². The van der Waals surface area contributed by atoms with Gasteiger partial charge in [-0.2, -0.15) is 0 Å². The van der Waals surface area contributed by atoms with Crippen LogP contribution < -0.4 is 9.47 Å². The maximum absolute atomic E-state index is 8.65. The number of aliphatic hydroxyl groups is 1. The Hall–Kier alpha value is -1.74. The van der Waals surface area contributed by atoms with Crippen LogP contribution in [0.15, 0.2) is 36.4 Å². The first-order chi connectivity index (χ1) is 9.30. The molecule has 1 N–H and O–H groups in total. The first kappa shape index (κ1) is 15.3. The van der Waals surface area contributed by atoms with Gasteiger partial charge in [0.15, 0.2) is 0 Å². The second kappa shape index (κ2) is 9.22. The first-order valence-corrected chi connectivity index (χ1v) is 6.47. The fourth-order valence-electron chi connectivity index (χ4n) is 1.64. The quantitative estimate of drug-likeness (QED) is 0.576. The Balaban J connectivity index is 2.55. The molecule has 3 heteroatoms. The van der Waals surface area contributed by atoms with Crippen LogP contribution in [-0.2, 0) is 0 Å². The van der Waals surface area contributed by atoms with E-state index in [2.05, 4.69) is 6.08 Å². The topological polar surface area (TPSA) is 38.7 Å². The van der Waals surface area contributed by atoms with Crippen LogP contribution >= 0.6 is 0 Å². The van der Waals surface area contributed by atoms with Crippen molar-refractivity contribution in [1.82, 2.24) is 0 Å².